The van der Waals surface area contributed by atoms with E-state index < -0.39 is 27.5 Å². The van der Waals surface area contributed by atoms with Crippen LogP contribution in [0.3, 0.4) is 0 Å². The number of carbonyl (C=O) groups excluding carboxylic acids is 2. The highest BCUT2D eigenvalue weighted by molar-refractivity contribution is 7.90. The second-order valence-electron chi connectivity index (χ2n) is 6.10. The Morgan fingerprint density at radius 3 is 2.19 bits per heavy atom. The molecule has 1 fully saturated rings. The Hall–Kier alpha value is -2.39. The molecule has 1 aromatic carbocycles. The van der Waals surface area contributed by atoms with Crippen LogP contribution >= 0.6 is 11.6 Å². The molecule has 10 heteroatoms. The van der Waals surface area contributed by atoms with Gasteiger partial charge in [-0.2, -0.15) is 0 Å². The van der Waals surface area contributed by atoms with Crippen LogP contribution in [0.1, 0.15) is 20.9 Å². The lowest BCUT2D eigenvalue weighted by atomic mass is 10.1. The maximum atomic E-state index is 13.9. The smallest absolute Gasteiger partial charge is 0.289 e. The number of amides is 2. The molecule has 1 aliphatic heterocycles. The molecule has 0 saturated carbocycles. The Bertz CT molecular complexity index is 997. The molecule has 0 bridgehead atoms. The lowest BCUT2D eigenvalue weighted by Crippen LogP contribution is -2.50. The lowest BCUT2D eigenvalue weighted by Gasteiger charge is -2.34. The third-order valence-corrected chi connectivity index (χ3v) is 5.36. The Morgan fingerprint density at radius 1 is 1.04 bits per heavy atom. The molecular weight excluding hydrogens is 399 g/mol. The van der Waals surface area contributed by atoms with E-state index in [1.807, 2.05) is 0 Å². The normalized spacial score (nSPS) is 15.1. The van der Waals surface area contributed by atoms with Crippen molar-refractivity contribution in [3.63, 3.8) is 0 Å². The average Bonchev–Trinajstić information content (AvgIpc) is 3.13. The maximum Gasteiger partial charge on any atom is 0.289 e. The minimum Gasteiger partial charge on any atom is -0.440 e. The van der Waals surface area contributed by atoms with E-state index in [0.717, 1.165) is 12.3 Å². The molecule has 7 nitrogen and oxygen atoms in total. The molecule has 144 valence electrons. The van der Waals surface area contributed by atoms with Crippen molar-refractivity contribution < 1.29 is 26.8 Å². The van der Waals surface area contributed by atoms with Gasteiger partial charge in [0.15, 0.2) is 5.76 Å². The van der Waals surface area contributed by atoms with E-state index in [4.69, 9.17) is 16.0 Å². The van der Waals surface area contributed by atoms with E-state index >= 15 is 0 Å². The summed E-state index contributed by atoms with van der Waals surface area (Å²) >= 11 is 5.82. The molecule has 2 amide bonds. The van der Waals surface area contributed by atoms with Crippen LogP contribution in [0.25, 0.3) is 0 Å². The summed E-state index contributed by atoms with van der Waals surface area (Å²) < 4.78 is 41.9. The van der Waals surface area contributed by atoms with Gasteiger partial charge in [0, 0.05) is 37.5 Å². The summed E-state index contributed by atoms with van der Waals surface area (Å²) in [6.07, 6.45) is 0.986. The van der Waals surface area contributed by atoms with Crippen LogP contribution in [0.4, 0.5) is 4.39 Å². The number of rotatable bonds is 3. The zero-order valence-corrected chi connectivity index (χ0v) is 15.9. The first-order valence-electron chi connectivity index (χ1n) is 8.00. The monoisotopic (exact) mass is 414 g/mol. The molecule has 27 heavy (non-hydrogen) atoms. The molecule has 3 rings (SSSR count). The van der Waals surface area contributed by atoms with Gasteiger partial charge in [-0.3, -0.25) is 9.59 Å². The van der Waals surface area contributed by atoms with Gasteiger partial charge in [-0.05, 0) is 30.3 Å². The molecular formula is C17H16ClFN2O5S. The summed E-state index contributed by atoms with van der Waals surface area (Å²) in [7, 11) is -3.54. The summed E-state index contributed by atoms with van der Waals surface area (Å²) in [4.78, 5) is 27.8. The van der Waals surface area contributed by atoms with Crippen LogP contribution in [0.15, 0.2) is 39.8 Å². The van der Waals surface area contributed by atoms with Gasteiger partial charge >= 0.3 is 0 Å². The van der Waals surface area contributed by atoms with Crippen LogP contribution in [-0.2, 0) is 9.84 Å². The van der Waals surface area contributed by atoms with Crippen molar-refractivity contribution in [3.8, 4) is 0 Å². The average molecular weight is 415 g/mol. The number of furan rings is 1. The first-order chi connectivity index (χ1) is 12.7. The van der Waals surface area contributed by atoms with Gasteiger partial charge in [-0.25, -0.2) is 12.8 Å². The van der Waals surface area contributed by atoms with E-state index in [1.165, 1.54) is 34.1 Å². The van der Waals surface area contributed by atoms with Gasteiger partial charge in [-0.15, -0.1) is 0 Å². The van der Waals surface area contributed by atoms with Crippen molar-refractivity contribution in [2.45, 2.75) is 5.09 Å². The molecule has 1 aliphatic rings. The molecule has 0 spiro atoms. The van der Waals surface area contributed by atoms with E-state index in [1.54, 1.807) is 0 Å². The van der Waals surface area contributed by atoms with Crippen molar-refractivity contribution >= 4 is 33.3 Å². The van der Waals surface area contributed by atoms with E-state index in [-0.39, 0.29) is 47.6 Å². The van der Waals surface area contributed by atoms with Gasteiger partial charge < -0.3 is 14.2 Å². The summed E-state index contributed by atoms with van der Waals surface area (Å²) in [5.74, 6) is -1.71. The number of carbonyl (C=O) groups is 2. The number of hydrogen-bond acceptors (Lipinski definition) is 5. The largest absolute Gasteiger partial charge is 0.440 e. The molecule has 0 unspecified atom stereocenters. The minimum atomic E-state index is -3.54. The van der Waals surface area contributed by atoms with Gasteiger partial charge in [-0.1, -0.05) is 11.6 Å². The zero-order chi connectivity index (χ0) is 19.8. The maximum absolute atomic E-state index is 13.9. The number of nitrogens with zero attached hydrogens (tertiary/aromatic N) is 2. The van der Waals surface area contributed by atoms with Crippen LogP contribution in [0.5, 0.6) is 0 Å². The summed E-state index contributed by atoms with van der Waals surface area (Å²) in [6, 6.07) is 6.29. The molecule has 2 heterocycles. The second kappa shape index (κ2) is 7.32. The van der Waals surface area contributed by atoms with E-state index in [9.17, 15) is 22.4 Å². The van der Waals surface area contributed by atoms with Crippen molar-refractivity contribution in [3.05, 3.63) is 52.5 Å². The van der Waals surface area contributed by atoms with Gasteiger partial charge in [0.2, 0.25) is 14.9 Å². The van der Waals surface area contributed by atoms with Crippen molar-refractivity contribution in [1.82, 2.24) is 9.80 Å². The topological polar surface area (TPSA) is 87.9 Å². The third kappa shape index (κ3) is 4.14. The summed E-state index contributed by atoms with van der Waals surface area (Å²) in [5.41, 5.74) is -0.119. The van der Waals surface area contributed by atoms with Gasteiger partial charge in [0.25, 0.3) is 11.8 Å². The predicted octanol–water partition coefficient (Wildman–Crippen LogP) is 2.07. The van der Waals surface area contributed by atoms with Crippen LogP contribution < -0.4 is 0 Å². The predicted molar refractivity (Wildman–Crippen MR) is 95.0 cm³/mol. The van der Waals surface area contributed by atoms with E-state index in [2.05, 4.69) is 0 Å². The van der Waals surface area contributed by atoms with Gasteiger partial charge in [0.1, 0.15) is 5.82 Å². The zero-order valence-electron chi connectivity index (χ0n) is 14.3. The number of piperazine rings is 1. The SMILES string of the molecule is CS(=O)(=O)c1ccc(C(=O)N2CCN(C(=O)c3cc(Cl)ccc3F)CC2)o1. The molecule has 0 radical (unpaired) electrons. The number of benzene rings is 1. The van der Waals surface area contributed by atoms with Gasteiger partial charge in [0.05, 0.1) is 5.56 Å². The van der Waals surface area contributed by atoms with Crippen molar-refractivity contribution in [2.75, 3.05) is 32.4 Å². The molecule has 2 aromatic rings. The highest BCUT2D eigenvalue weighted by Crippen LogP contribution is 2.19. The summed E-state index contributed by atoms with van der Waals surface area (Å²) in [5, 5.41) is -0.0239. The Balaban J connectivity index is 1.66. The molecule has 0 aliphatic carbocycles. The fourth-order valence-electron chi connectivity index (χ4n) is 2.73. The molecule has 1 aromatic heterocycles. The quantitative estimate of drug-likeness (QED) is 0.767. The lowest BCUT2D eigenvalue weighted by molar-refractivity contribution is 0.0512. The third-order valence-electron chi connectivity index (χ3n) is 4.17. The molecule has 0 atom stereocenters. The first kappa shape index (κ1) is 19.4. The Kier molecular flexibility index (Phi) is 5.25. The minimum absolute atomic E-state index is 0.0870. The Labute approximate surface area is 160 Å². The fourth-order valence-corrected chi connectivity index (χ4v) is 3.46. The summed E-state index contributed by atoms with van der Waals surface area (Å²) in [6.45, 7) is 0.829. The standard InChI is InChI=1S/C17H16ClFN2O5S/c1-27(24,25)15-5-4-14(26-15)17(23)21-8-6-20(7-9-21)16(22)12-10-11(18)2-3-13(12)19/h2-5,10H,6-9H2,1H3. The number of hydrogen-bond donors (Lipinski definition) is 0. The van der Waals surface area contributed by atoms with Crippen molar-refractivity contribution in [2.24, 2.45) is 0 Å². The van der Waals surface area contributed by atoms with E-state index in [0.29, 0.717) is 0 Å². The molecule has 0 N–H and O–H groups in total. The van der Waals surface area contributed by atoms with Crippen molar-refractivity contribution in [1.29, 1.82) is 0 Å². The molecule has 1 saturated heterocycles. The van der Waals surface area contributed by atoms with Crippen LogP contribution in [0, 0.1) is 5.82 Å². The Morgan fingerprint density at radius 2 is 1.63 bits per heavy atom. The first-order valence-corrected chi connectivity index (χ1v) is 10.3. The highest BCUT2D eigenvalue weighted by atomic mass is 35.5. The van der Waals surface area contributed by atoms with Crippen LogP contribution in [-0.4, -0.2) is 62.5 Å². The number of halogens is 2. The number of sulfone groups is 1. The highest BCUT2D eigenvalue weighted by Gasteiger charge is 2.28. The fraction of sp³-hybridized carbons (Fsp3) is 0.294. The second-order valence-corrected chi connectivity index (χ2v) is 8.48. The van der Waals surface area contributed by atoms with Crippen LogP contribution in [0.2, 0.25) is 5.02 Å².